The zero-order chi connectivity index (χ0) is 19.7. The molecule has 0 unspecified atom stereocenters. The number of imidazole rings is 1. The molecule has 4 aromatic rings. The lowest BCUT2D eigenvalue weighted by molar-refractivity contribution is 0.0943. The second kappa shape index (κ2) is 7.26. The van der Waals surface area contributed by atoms with Gasteiger partial charge in [0, 0.05) is 12.4 Å². The van der Waals surface area contributed by atoms with E-state index in [2.05, 4.69) is 15.4 Å². The average Bonchev–Trinajstić information content (AvgIpc) is 3.30. The summed E-state index contributed by atoms with van der Waals surface area (Å²) in [5.41, 5.74) is 4.64. The second-order valence-corrected chi connectivity index (χ2v) is 6.60. The van der Waals surface area contributed by atoms with Crippen molar-refractivity contribution in [2.75, 3.05) is 0 Å². The van der Waals surface area contributed by atoms with Gasteiger partial charge < -0.3 is 5.32 Å². The van der Waals surface area contributed by atoms with E-state index in [1.54, 1.807) is 23.0 Å². The summed E-state index contributed by atoms with van der Waals surface area (Å²) in [5.74, 6) is -0.483. The van der Waals surface area contributed by atoms with Crippen LogP contribution in [0.2, 0.25) is 0 Å². The van der Waals surface area contributed by atoms with E-state index in [4.69, 9.17) is 0 Å². The molecule has 0 saturated carbocycles. The van der Waals surface area contributed by atoms with Crippen LogP contribution in [-0.2, 0) is 13.0 Å². The number of halogens is 1. The number of fused-ring (bicyclic) bond motifs is 1. The first-order valence-electron chi connectivity index (χ1n) is 9.11. The third kappa shape index (κ3) is 3.38. The maximum absolute atomic E-state index is 13.1. The highest BCUT2D eigenvalue weighted by Crippen LogP contribution is 2.15. The summed E-state index contributed by atoms with van der Waals surface area (Å²) in [6, 6.07) is 11.8. The Morgan fingerprint density at radius 3 is 2.68 bits per heavy atom. The molecule has 0 radical (unpaired) electrons. The van der Waals surface area contributed by atoms with E-state index in [9.17, 15) is 9.18 Å². The minimum absolute atomic E-state index is 0.190. The highest BCUT2D eigenvalue weighted by molar-refractivity contribution is 5.94. The number of nitrogens with zero attached hydrogens (tertiary/aromatic N) is 4. The molecule has 0 fully saturated rings. The predicted molar refractivity (Wildman–Crippen MR) is 104 cm³/mol. The molecular formula is C21H20FN5O. The van der Waals surface area contributed by atoms with Gasteiger partial charge in [0.1, 0.15) is 17.2 Å². The molecule has 28 heavy (non-hydrogen) atoms. The van der Waals surface area contributed by atoms with Crippen molar-refractivity contribution in [2.45, 2.75) is 26.8 Å². The largest absolute Gasteiger partial charge is 0.345 e. The normalized spacial score (nSPS) is 11.1. The summed E-state index contributed by atoms with van der Waals surface area (Å²) in [4.78, 5) is 17.4. The first-order valence-corrected chi connectivity index (χ1v) is 9.11. The fourth-order valence-electron chi connectivity index (χ4n) is 3.13. The van der Waals surface area contributed by atoms with Gasteiger partial charge in [-0.2, -0.15) is 5.10 Å². The number of aromatic nitrogens is 4. The van der Waals surface area contributed by atoms with Crippen LogP contribution < -0.4 is 5.32 Å². The molecule has 1 aromatic carbocycles. The van der Waals surface area contributed by atoms with Gasteiger partial charge in [-0.05, 0) is 61.4 Å². The van der Waals surface area contributed by atoms with E-state index >= 15 is 0 Å². The summed E-state index contributed by atoms with van der Waals surface area (Å²) in [6.07, 6.45) is 4.32. The van der Waals surface area contributed by atoms with E-state index in [1.165, 1.54) is 12.1 Å². The van der Waals surface area contributed by atoms with Crippen LogP contribution >= 0.6 is 0 Å². The van der Waals surface area contributed by atoms with Gasteiger partial charge >= 0.3 is 0 Å². The zero-order valence-corrected chi connectivity index (χ0v) is 15.7. The summed E-state index contributed by atoms with van der Waals surface area (Å²) in [6.45, 7) is 4.27. The molecule has 0 saturated heterocycles. The topological polar surface area (TPSA) is 64.2 Å². The van der Waals surface area contributed by atoms with Gasteiger partial charge in [0.25, 0.3) is 5.91 Å². The maximum atomic E-state index is 13.1. The fraction of sp³-hybridized carbons (Fsp3) is 0.190. The smallest absolute Gasteiger partial charge is 0.270 e. The molecule has 142 valence electrons. The van der Waals surface area contributed by atoms with Gasteiger partial charge in [0.15, 0.2) is 0 Å². The fourth-order valence-corrected chi connectivity index (χ4v) is 3.13. The Morgan fingerprint density at radius 1 is 1.14 bits per heavy atom. The highest BCUT2D eigenvalue weighted by atomic mass is 19.1. The number of benzene rings is 1. The molecule has 4 rings (SSSR count). The zero-order valence-electron chi connectivity index (χ0n) is 15.7. The van der Waals surface area contributed by atoms with E-state index in [0.717, 1.165) is 22.6 Å². The molecule has 0 spiro atoms. The van der Waals surface area contributed by atoms with Crippen molar-refractivity contribution < 1.29 is 9.18 Å². The Kier molecular flexibility index (Phi) is 4.65. The molecule has 0 aliphatic heterocycles. The number of hydrogen-bond donors (Lipinski definition) is 1. The van der Waals surface area contributed by atoms with Gasteiger partial charge in [-0.15, -0.1) is 0 Å². The lowest BCUT2D eigenvalue weighted by Gasteiger charge is -2.06. The summed E-state index contributed by atoms with van der Waals surface area (Å²) in [5, 5.41) is 7.36. The van der Waals surface area contributed by atoms with Crippen LogP contribution in [0.3, 0.4) is 0 Å². The third-order valence-corrected chi connectivity index (χ3v) is 4.57. The first kappa shape index (κ1) is 17.9. The number of hydrogen-bond acceptors (Lipinski definition) is 3. The Bertz CT molecular complexity index is 1140. The second-order valence-electron chi connectivity index (χ2n) is 6.60. The number of pyridine rings is 1. The van der Waals surface area contributed by atoms with Crippen molar-refractivity contribution in [1.82, 2.24) is 24.5 Å². The van der Waals surface area contributed by atoms with E-state index in [1.807, 2.05) is 42.6 Å². The number of carbonyl (C=O) groups excluding carboxylic acids is 1. The first-order chi connectivity index (χ1) is 13.5. The van der Waals surface area contributed by atoms with Gasteiger partial charge in [-0.25, -0.2) is 14.1 Å². The molecule has 0 bridgehead atoms. The monoisotopic (exact) mass is 377 g/mol. The van der Waals surface area contributed by atoms with Crippen molar-refractivity contribution in [3.63, 3.8) is 0 Å². The van der Waals surface area contributed by atoms with Crippen LogP contribution in [0, 0.1) is 12.7 Å². The maximum Gasteiger partial charge on any atom is 0.270 e. The van der Waals surface area contributed by atoms with Crippen molar-refractivity contribution in [1.29, 1.82) is 0 Å². The highest BCUT2D eigenvalue weighted by Gasteiger charge is 2.18. The van der Waals surface area contributed by atoms with Gasteiger partial charge in [-0.1, -0.05) is 6.92 Å². The van der Waals surface area contributed by atoms with Gasteiger partial charge in [0.2, 0.25) is 0 Å². The summed E-state index contributed by atoms with van der Waals surface area (Å²) < 4.78 is 16.5. The molecule has 0 atom stereocenters. The van der Waals surface area contributed by atoms with Crippen molar-refractivity contribution in [2.24, 2.45) is 0 Å². The Balaban J connectivity index is 1.52. The van der Waals surface area contributed by atoms with Crippen LogP contribution in [0.1, 0.15) is 34.4 Å². The Labute approximate surface area is 161 Å². The molecular weight excluding hydrogens is 357 g/mol. The van der Waals surface area contributed by atoms with Gasteiger partial charge in [-0.3, -0.25) is 9.20 Å². The number of amides is 1. The average molecular weight is 377 g/mol. The summed E-state index contributed by atoms with van der Waals surface area (Å²) >= 11 is 0. The number of aryl methyl sites for hydroxylation is 2. The van der Waals surface area contributed by atoms with E-state index < -0.39 is 0 Å². The van der Waals surface area contributed by atoms with Crippen LogP contribution in [0.15, 0.2) is 54.9 Å². The van der Waals surface area contributed by atoms with E-state index in [-0.39, 0.29) is 18.3 Å². The Morgan fingerprint density at radius 2 is 1.93 bits per heavy atom. The number of nitrogens with one attached hydrogen (secondary N) is 1. The SMILES string of the molecule is CCc1nc2cc(C)ccn2c1C(=O)NCc1ccn(-c2ccc(F)cc2)n1. The molecule has 3 heterocycles. The summed E-state index contributed by atoms with van der Waals surface area (Å²) in [7, 11) is 0. The minimum atomic E-state index is -0.293. The number of rotatable bonds is 5. The van der Waals surface area contributed by atoms with Gasteiger partial charge in [0.05, 0.1) is 23.6 Å². The number of carbonyl (C=O) groups is 1. The predicted octanol–water partition coefficient (Wildman–Crippen LogP) is 3.46. The Hall–Kier alpha value is -3.48. The van der Waals surface area contributed by atoms with E-state index in [0.29, 0.717) is 17.8 Å². The standard InChI is InChI=1S/C21H20FN5O/c1-3-18-20(26-10-8-14(2)12-19(26)24-18)21(28)23-13-16-9-11-27(25-16)17-6-4-15(22)5-7-17/h4-12H,3,13H2,1-2H3,(H,23,28). The molecule has 7 heteroatoms. The van der Waals surface area contributed by atoms with Crippen molar-refractivity contribution in [3.8, 4) is 5.69 Å². The van der Waals surface area contributed by atoms with Crippen molar-refractivity contribution >= 4 is 11.6 Å². The van der Waals surface area contributed by atoms with Crippen LogP contribution in [0.25, 0.3) is 11.3 Å². The van der Waals surface area contributed by atoms with Crippen LogP contribution in [0.5, 0.6) is 0 Å². The lowest BCUT2D eigenvalue weighted by Crippen LogP contribution is -2.25. The molecule has 1 amide bonds. The van der Waals surface area contributed by atoms with Crippen molar-refractivity contribution in [3.05, 3.63) is 83.3 Å². The molecule has 6 nitrogen and oxygen atoms in total. The lowest BCUT2D eigenvalue weighted by atomic mass is 10.2. The molecule has 3 aromatic heterocycles. The third-order valence-electron chi connectivity index (χ3n) is 4.57. The molecule has 0 aliphatic carbocycles. The quantitative estimate of drug-likeness (QED) is 0.579. The minimum Gasteiger partial charge on any atom is -0.345 e. The molecule has 1 N–H and O–H groups in total. The van der Waals surface area contributed by atoms with Crippen LogP contribution in [0.4, 0.5) is 4.39 Å². The molecule has 0 aliphatic rings. The van der Waals surface area contributed by atoms with Crippen LogP contribution in [-0.4, -0.2) is 25.1 Å².